The number of likely N-dealkylation sites (N-methyl/N-ethyl adjacent to an activating group) is 1. The number of carbonyl (C=O) groups excluding carboxylic acids is 1. The number of methoxy groups -OCH3 is 2. The molecule has 0 saturated carbocycles. The van der Waals surface area contributed by atoms with Gasteiger partial charge in [0.2, 0.25) is 0 Å². The van der Waals surface area contributed by atoms with E-state index in [4.69, 9.17) is 37.4 Å². The van der Waals surface area contributed by atoms with E-state index < -0.39 is 0 Å². The Morgan fingerprint density at radius 2 is 1.79 bits per heavy atom. The zero-order chi connectivity index (χ0) is 32.5. The average molecular weight is 640 g/mol. The highest BCUT2D eigenvalue weighted by Crippen LogP contribution is 2.25. The molecule has 0 unspecified atom stereocenters. The van der Waals surface area contributed by atoms with E-state index in [1.807, 2.05) is 64.3 Å². The Morgan fingerprint density at radius 1 is 1.07 bits per heavy atom. The summed E-state index contributed by atoms with van der Waals surface area (Å²) in [4.78, 5) is 21.1. The van der Waals surface area contributed by atoms with Crippen LogP contribution in [0.25, 0.3) is 5.57 Å². The number of aromatic nitrogens is 2. The van der Waals surface area contributed by atoms with Crippen molar-refractivity contribution in [1.29, 1.82) is 0 Å². The van der Waals surface area contributed by atoms with Crippen LogP contribution in [0.1, 0.15) is 72.4 Å². The van der Waals surface area contributed by atoms with Gasteiger partial charge in [0.05, 0.1) is 19.4 Å². The van der Waals surface area contributed by atoms with Crippen LogP contribution in [0.15, 0.2) is 57.7 Å². The fraction of sp³-hybridized carbons (Fsp3) is 0.545. The zero-order valence-electron chi connectivity index (χ0n) is 27.3. The van der Waals surface area contributed by atoms with Crippen LogP contribution in [-0.4, -0.2) is 69.9 Å². The molecule has 0 aliphatic heterocycles. The number of Topliss-reactive ketones (excluding diaryl/α,β-unsaturated/α-hetero) is 1. The molecule has 1 aliphatic carbocycles. The maximum absolute atomic E-state index is 12.2. The van der Waals surface area contributed by atoms with E-state index in [2.05, 4.69) is 34.4 Å². The number of halogens is 2. The molecule has 0 atom stereocenters. The minimum Gasteiger partial charge on any atom is -0.467 e. The quantitative estimate of drug-likeness (QED) is 0.139. The molecule has 2 rings (SSSR count). The first-order chi connectivity index (χ1) is 20.7. The van der Waals surface area contributed by atoms with Gasteiger partial charge in [-0.15, -0.1) is 0 Å². The minimum atomic E-state index is -0.0111. The van der Waals surface area contributed by atoms with Gasteiger partial charge in [-0.05, 0) is 63.0 Å². The molecule has 1 aliphatic rings. The molecule has 242 valence electrons. The van der Waals surface area contributed by atoms with Gasteiger partial charge in [-0.2, -0.15) is 9.97 Å². The van der Waals surface area contributed by atoms with E-state index in [9.17, 15) is 4.79 Å². The Hall–Kier alpha value is -2.49. The number of ether oxygens (including phenoxy) is 3. The van der Waals surface area contributed by atoms with Crippen molar-refractivity contribution >= 4 is 40.4 Å². The molecule has 8 nitrogen and oxygen atoms in total. The van der Waals surface area contributed by atoms with Crippen LogP contribution >= 0.6 is 23.2 Å². The first-order valence-corrected chi connectivity index (χ1v) is 15.6. The van der Waals surface area contributed by atoms with Crippen LogP contribution in [-0.2, 0) is 14.3 Å². The third kappa shape index (κ3) is 18.7. The van der Waals surface area contributed by atoms with Crippen molar-refractivity contribution in [3.05, 3.63) is 63.4 Å². The van der Waals surface area contributed by atoms with Gasteiger partial charge in [-0.1, -0.05) is 74.7 Å². The Balaban J connectivity index is 0.00000152. The Morgan fingerprint density at radius 3 is 2.40 bits per heavy atom. The molecule has 0 fully saturated rings. The summed E-state index contributed by atoms with van der Waals surface area (Å²) in [5.74, 6) is 0.637. The number of carbonyl (C=O) groups is 1. The molecule has 0 saturated heterocycles. The van der Waals surface area contributed by atoms with E-state index >= 15 is 0 Å². The lowest BCUT2D eigenvalue weighted by molar-refractivity contribution is -0.119. The number of nitrogens with one attached hydrogen (secondary N) is 2. The highest BCUT2D eigenvalue weighted by Gasteiger charge is 2.11. The Bertz CT molecular complexity index is 1090. The molecule has 0 spiro atoms. The van der Waals surface area contributed by atoms with Crippen molar-refractivity contribution in [3.63, 3.8) is 0 Å². The molecule has 1 aromatic rings. The summed E-state index contributed by atoms with van der Waals surface area (Å²) < 4.78 is 15.3. The van der Waals surface area contributed by atoms with E-state index in [-0.39, 0.29) is 18.4 Å². The fourth-order valence-electron chi connectivity index (χ4n) is 3.48. The Kier molecular flexibility index (Phi) is 24.5. The summed E-state index contributed by atoms with van der Waals surface area (Å²) >= 11 is 12.4. The highest BCUT2D eigenvalue weighted by atomic mass is 35.5. The molecule has 0 aromatic carbocycles. The lowest BCUT2D eigenvalue weighted by atomic mass is 10.0. The topological polar surface area (TPSA) is 94.6 Å². The predicted molar refractivity (Wildman–Crippen MR) is 182 cm³/mol. The lowest BCUT2D eigenvalue weighted by Crippen LogP contribution is -2.13. The number of ketones is 1. The van der Waals surface area contributed by atoms with Crippen molar-refractivity contribution in [1.82, 2.24) is 15.3 Å². The summed E-state index contributed by atoms with van der Waals surface area (Å²) in [6.07, 6.45) is 13.5. The van der Waals surface area contributed by atoms with Crippen LogP contribution in [0.3, 0.4) is 0 Å². The second kappa shape index (κ2) is 26.0. The molecular formula is C33H52Cl2N4O4. The van der Waals surface area contributed by atoms with Crippen molar-refractivity contribution in [2.45, 2.75) is 66.7 Å². The first kappa shape index (κ1) is 40.5. The molecule has 43 heavy (non-hydrogen) atoms. The van der Waals surface area contributed by atoms with Crippen molar-refractivity contribution in [2.75, 3.05) is 59.5 Å². The van der Waals surface area contributed by atoms with E-state index in [0.29, 0.717) is 30.2 Å². The molecule has 2 N–H and O–H groups in total. The standard InChI is InChI=1S/C25H31Cl2N3O3.C5H13NO.C3H8/c1-5-6-19(23(31)16-32-3)8-7-17(2)22-15-24(30-25(29-22)33-4)28-14-13-18-9-10-20(26)11-12-21(18)27;1-3-7-5-4-6-2;1-3-2/h6-7,9-11,15H,5,8,12-14,16H2,1-4H3,(H,28,29,30);6H,3-5H2,1-2H3;3H2,1-2H3/b17-7+,19-6+;;. The van der Waals surface area contributed by atoms with Gasteiger partial charge < -0.3 is 24.8 Å². The summed E-state index contributed by atoms with van der Waals surface area (Å²) in [5, 5.41) is 7.76. The second-order valence-electron chi connectivity index (χ2n) is 9.45. The Labute approximate surface area is 269 Å². The van der Waals surface area contributed by atoms with Crippen LogP contribution in [0.4, 0.5) is 5.82 Å². The smallest absolute Gasteiger partial charge is 0.318 e. The average Bonchev–Trinajstić information content (AvgIpc) is 3.16. The maximum Gasteiger partial charge on any atom is 0.318 e. The lowest BCUT2D eigenvalue weighted by Gasteiger charge is -2.11. The SMILES string of the molecule is CC/C=C(\C/C=C(\C)c1cc(NCCC2=C(Cl)CC=C(Cl)C=C2)nc(OC)n1)C(=O)COC.CCC.CCOCCNC. The van der Waals surface area contributed by atoms with Crippen molar-refractivity contribution in [2.24, 2.45) is 0 Å². The monoisotopic (exact) mass is 638 g/mol. The molecule has 10 heteroatoms. The van der Waals surface area contributed by atoms with Gasteiger partial charge in [-0.3, -0.25) is 4.79 Å². The van der Waals surface area contributed by atoms with Gasteiger partial charge >= 0.3 is 6.01 Å². The van der Waals surface area contributed by atoms with Gasteiger partial charge in [-0.25, -0.2) is 0 Å². The molecule has 0 amide bonds. The van der Waals surface area contributed by atoms with E-state index in [1.54, 1.807) is 0 Å². The second-order valence-corrected chi connectivity index (χ2v) is 10.3. The van der Waals surface area contributed by atoms with Gasteiger partial charge in [0.15, 0.2) is 5.78 Å². The fourth-order valence-corrected chi connectivity index (χ4v) is 3.85. The number of hydrogen-bond donors (Lipinski definition) is 2. The number of anilines is 1. The number of allylic oxidation sites excluding steroid dienone is 8. The van der Waals surface area contributed by atoms with Crippen LogP contribution in [0, 0.1) is 0 Å². The van der Waals surface area contributed by atoms with Crippen LogP contribution in [0.5, 0.6) is 6.01 Å². The molecule has 0 radical (unpaired) electrons. The van der Waals surface area contributed by atoms with Gasteiger partial charge in [0.1, 0.15) is 12.4 Å². The molecule has 1 heterocycles. The zero-order valence-corrected chi connectivity index (χ0v) is 28.8. The summed E-state index contributed by atoms with van der Waals surface area (Å²) in [5.41, 5.74) is 3.41. The molecule has 0 bridgehead atoms. The van der Waals surface area contributed by atoms with Crippen LogP contribution in [0.2, 0.25) is 0 Å². The van der Waals surface area contributed by atoms with Crippen molar-refractivity contribution in [3.8, 4) is 6.01 Å². The first-order valence-electron chi connectivity index (χ1n) is 14.9. The van der Waals surface area contributed by atoms with Crippen LogP contribution < -0.4 is 15.4 Å². The largest absolute Gasteiger partial charge is 0.467 e. The minimum absolute atomic E-state index is 0.0111. The van der Waals surface area contributed by atoms with E-state index in [1.165, 1.54) is 20.6 Å². The number of nitrogens with zero attached hydrogens (tertiary/aromatic N) is 2. The third-order valence-electron chi connectivity index (χ3n) is 5.67. The van der Waals surface area contributed by atoms with E-state index in [0.717, 1.165) is 60.0 Å². The van der Waals surface area contributed by atoms with Gasteiger partial charge in [0, 0.05) is 49.4 Å². The third-order valence-corrected chi connectivity index (χ3v) is 6.35. The predicted octanol–water partition coefficient (Wildman–Crippen LogP) is 7.87. The van der Waals surface area contributed by atoms with Crippen molar-refractivity contribution < 1.29 is 19.0 Å². The van der Waals surface area contributed by atoms with Gasteiger partial charge in [0.25, 0.3) is 0 Å². The number of hydrogen-bond acceptors (Lipinski definition) is 8. The summed E-state index contributed by atoms with van der Waals surface area (Å²) in [7, 11) is 4.97. The highest BCUT2D eigenvalue weighted by molar-refractivity contribution is 6.32. The summed E-state index contributed by atoms with van der Waals surface area (Å²) in [6.45, 7) is 13.5. The molecule has 1 aromatic heterocycles. The number of rotatable bonds is 16. The maximum atomic E-state index is 12.2. The normalized spacial score (nSPS) is 13.3. The molecular weight excluding hydrogens is 587 g/mol. The summed E-state index contributed by atoms with van der Waals surface area (Å²) in [6, 6.07) is 2.14.